The molecule has 0 unspecified atom stereocenters. The lowest BCUT2D eigenvalue weighted by Crippen LogP contribution is -2.25. The summed E-state index contributed by atoms with van der Waals surface area (Å²) < 4.78 is 34.8. The van der Waals surface area contributed by atoms with Gasteiger partial charge in [0.25, 0.3) is 0 Å². The van der Waals surface area contributed by atoms with Gasteiger partial charge in [-0.05, 0) is 55.3 Å². The van der Waals surface area contributed by atoms with Gasteiger partial charge in [-0.2, -0.15) is 0 Å². The van der Waals surface area contributed by atoms with Crippen molar-refractivity contribution in [1.82, 2.24) is 14.5 Å². The largest absolute Gasteiger partial charge is 0.487 e. The summed E-state index contributed by atoms with van der Waals surface area (Å²) in [6.07, 6.45) is 1.08. The first-order chi connectivity index (χ1) is 20.7. The highest BCUT2D eigenvalue weighted by atomic mass is 19.1. The molecule has 0 fully saturated rings. The van der Waals surface area contributed by atoms with Crippen LogP contribution < -0.4 is 9.47 Å². The molecular weight excluding hydrogens is 549 g/mol. The van der Waals surface area contributed by atoms with E-state index in [1.165, 1.54) is 17.7 Å². The number of aromatic carboxylic acids is 1. The van der Waals surface area contributed by atoms with Crippen LogP contribution >= 0.6 is 0 Å². The van der Waals surface area contributed by atoms with Gasteiger partial charge in [0.15, 0.2) is 0 Å². The molecule has 1 aliphatic rings. The third-order valence-electron chi connectivity index (χ3n) is 7.56. The number of rotatable bonds is 10. The van der Waals surface area contributed by atoms with Crippen LogP contribution in [-0.4, -0.2) is 44.9 Å². The number of imidazole rings is 1. The number of methoxy groups -OCH3 is 1. The number of hydrogen-bond acceptors (Lipinski definition) is 6. The van der Waals surface area contributed by atoms with Crippen LogP contribution in [0.2, 0.25) is 0 Å². The van der Waals surface area contributed by atoms with E-state index in [1.807, 2.05) is 34.9 Å². The van der Waals surface area contributed by atoms with Crippen molar-refractivity contribution < 1.29 is 28.5 Å². The average molecular weight is 582 g/mol. The lowest BCUT2D eigenvalue weighted by atomic mass is 10.0. The number of nitrogens with zero attached hydrogens (tertiary/aromatic N) is 3. The Morgan fingerprint density at radius 2 is 1.88 bits per heavy atom. The average Bonchev–Trinajstić information content (AvgIpc) is 3.50. The summed E-state index contributed by atoms with van der Waals surface area (Å²) >= 11 is 0. The summed E-state index contributed by atoms with van der Waals surface area (Å²) in [5.74, 6) is 0.523. The topological polar surface area (TPSA) is 95.7 Å². The summed E-state index contributed by atoms with van der Waals surface area (Å²) in [6, 6.07) is 21.3. The van der Waals surface area contributed by atoms with Crippen molar-refractivity contribution in [2.45, 2.75) is 45.4 Å². The standard InChI is InChI=1S/C34H32FN3O5/c1-34(2)19-24-6-4-7-25(32(24)43-34)20-42-31-9-5-8-27(37-31)22-11-10-21(26(35)16-22)18-30-36-28-13-12-23(33(39)40)17-29(28)38(30)14-15-41-3/h4-13,16-17H,14-15,18-20H2,1-3H3,(H,39,40). The summed E-state index contributed by atoms with van der Waals surface area (Å²) in [5, 5.41) is 9.44. The first-order valence-corrected chi connectivity index (χ1v) is 14.1. The second kappa shape index (κ2) is 11.5. The van der Waals surface area contributed by atoms with Gasteiger partial charge in [0.2, 0.25) is 5.88 Å². The lowest BCUT2D eigenvalue weighted by Gasteiger charge is -2.18. The SMILES string of the molecule is COCCn1c(Cc2ccc(-c3cccc(OCc4cccc5c4OC(C)(C)C5)n3)cc2F)nc2ccc(C(=O)O)cc21. The van der Waals surface area contributed by atoms with Gasteiger partial charge in [-0.3, -0.25) is 0 Å². The summed E-state index contributed by atoms with van der Waals surface area (Å²) in [5.41, 5.74) is 5.03. The molecule has 0 bridgehead atoms. The molecule has 2 aromatic heterocycles. The molecule has 1 aliphatic heterocycles. The van der Waals surface area contributed by atoms with Gasteiger partial charge in [-0.25, -0.2) is 19.2 Å². The Kier molecular flexibility index (Phi) is 7.58. The summed E-state index contributed by atoms with van der Waals surface area (Å²) in [6.45, 7) is 5.31. The van der Waals surface area contributed by atoms with Crippen molar-refractivity contribution in [3.63, 3.8) is 0 Å². The van der Waals surface area contributed by atoms with E-state index in [9.17, 15) is 9.90 Å². The van der Waals surface area contributed by atoms with Gasteiger partial charge in [-0.15, -0.1) is 0 Å². The minimum absolute atomic E-state index is 0.164. The predicted octanol–water partition coefficient (Wildman–Crippen LogP) is 6.47. The predicted molar refractivity (Wildman–Crippen MR) is 160 cm³/mol. The Labute approximate surface area is 248 Å². The zero-order chi connectivity index (χ0) is 30.1. The number of carbonyl (C=O) groups is 1. The lowest BCUT2D eigenvalue weighted by molar-refractivity contribution is 0.0697. The van der Waals surface area contributed by atoms with E-state index in [-0.39, 0.29) is 23.4 Å². The van der Waals surface area contributed by atoms with E-state index in [0.717, 1.165) is 17.7 Å². The number of carboxylic acids is 1. The molecule has 3 aromatic carbocycles. The van der Waals surface area contributed by atoms with Crippen molar-refractivity contribution in [1.29, 1.82) is 0 Å². The molecular formula is C34H32FN3O5. The number of fused-ring (bicyclic) bond motifs is 2. The number of hydrogen-bond donors (Lipinski definition) is 1. The second-order valence-corrected chi connectivity index (χ2v) is 11.3. The number of benzene rings is 3. The number of ether oxygens (including phenoxy) is 3. The highest BCUT2D eigenvalue weighted by Crippen LogP contribution is 2.38. The van der Waals surface area contributed by atoms with E-state index in [4.69, 9.17) is 14.2 Å². The highest BCUT2D eigenvalue weighted by Gasteiger charge is 2.31. The van der Waals surface area contributed by atoms with Crippen molar-refractivity contribution >= 4 is 17.0 Å². The molecule has 9 heteroatoms. The zero-order valence-corrected chi connectivity index (χ0v) is 24.3. The molecule has 0 atom stereocenters. The normalized spacial score (nSPS) is 13.6. The molecule has 220 valence electrons. The van der Waals surface area contributed by atoms with E-state index in [0.29, 0.717) is 59.3 Å². The fourth-order valence-electron chi connectivity index (χ4n) is 5.49. The highest BCUT2D eigenvalue weighted by molar-refractivity contribution is 5.92. The van der Waals surface area contributed by atoms with Gasteiger partial charge in [0, 0.05) is 43.7 Å². The Morgan fingerprint density at radius 3 is 2.67 bits per heavy atom. The van der Waals surface area contributed by atoms with Gasteiger partial charge in [0.05, 0.1) is 28.9 Å². The molecule has 43 heavy (non-hydrogen) atoms. The molecule has 5 aromatic rings. The number of carboxylic acid groups (broad SMARTS) is 1. The van der Waals surface area contributed by atoms with E-state index in [1.54, 1.807) is 31.4 Å². The Bertz CT molecular complexity index is 1830. The Morgan fingerprint density at radius 1 is 1.05 bits per heavy atom. The molecule has 0 radical (unpaired) electrons. The van der Waals surface area contributed by atoms with Gasteiger partial charge >= 0.3 is 5.97 Å². The maximum absolute atomic E-state index is 15.5. The number of aromatic nitrogens is 3. The molecule has 6 rings (SSSR count). The van der Waals surface area contributed by atoms with E-state index in [2.05, 4.69) is 29.9 Å². The van der Waals surface area contributed by atoms with Crippen LogP contribution in [0.3, 0.4) is 0 Å². The molecule has 0 saturated carbocycles. The molecule has 8 nitrogen and oxygen atoms in total. The maximum Gasteiger partial charge on any atom is 0.335 e. The van der Waals surface area contributed by atoms with Crippen LogP contribution in [0.5, 0.6) is 11.6 Å². The molecule has 0 aliphatic carbocycles. The van der Waals surface area contributed by atoms with E-state index >= 15 is 4.39 Å². The van der Waals surface area contributed by atoms with Crippen LogP contribution in [-0.2, 0) is 30.7 Å². The molecule has 3 heterocycles. The maximum atomic E-state index is 15.5. The third kappa shape index (κ3) is 5.94. The van der Waals surface area contributed by atoms with Crippen molar-refractivity contribution in [3.8, 4) is 22.9 Å². The molecule has 1 N–H and O–H groups in total. The van der Waals surface area contributed by atoms with Crippen molar-refractivity contribution in [2.24, 2.45) is 0 Å². The number of pyridine rings is 1. The summed E-state index contributed by atoms with van der Waals surface area (Å²) in [7, 11) is 1.59. The monoisotopic (exact) mass is 581 g/mol. The van der Waals surface area contributed by atoms with Crippen molar-refractivity contribution in [2.75, 3.05) is 13.7 Å². The van der Waals surface area contributed by atoms with Crippen LogP contribution in [0, 0.1) is 5.82 Å². The second-order valence-electron chi connectivity index (χ2n) is 11.3. The summed E-state index contributed by atoms with van der Waals surface area (Å²) in [4.78, 5) is 20.8. The van der Waals surface area contributed by atoms with Crippen molar-refractivity contribution in [3.05, 3.63) is 107 Å². The van der Waals surface area contributed by atoms with Crippen LogP contribution in [0.25, 0.3) is 22.3 Å². The zero-order valence-electron chi connectivity index (χ0n) is 24.3. The molecule has 0 saturated heterocycles. The quantitative estimate of drug-likeness (QED) is 0.202. The minimum Gasteiger partial charge on any atom is -0.487 e. The van der Waals surface area contributed by atoms with Crippen LogP contribution in [0.1, 0.15) is 46.7 Å². The van der Waals surface area contributed by atoms with E-state index < -0.39 is 5.97 Å². The Hall–Kier alpha value is -4.76. The smallest absolute Gasteiger partial charge is 0.335 e. The minimum atomic E-state index is -1.02. The number of para-hydroxylation sites is 1. The van der Waals surface area contributed by atoms with Crippen LogP contribution in [0.15, 0.2) is 72.8 Å². The fourth-order valence-corrected chi connectivity index (χ4v) is 5.49. The number of halogens is 1. The first kappa shape index (κ1) is 28.4. The third-order valence-corrected chi connectivity index (χ3v) is 7.56. The fraction of sp³-hybridized carbons (Fsp3) is 0.265. The molecule has 0 spiro atoms. The van der Waals surface area contributed by atoms with Gasteiger partial charge in [0.1, 0.15) is 29.6 Å². The Balaban J connectivity index is 1.21. The van der Waals surface area contributed by atoms with Gasteiger partial charge in [-0.1, -0.05) is 36.4 Å². The van der Waals surface area contributed by atoms with Crippen LogP contribution in [0.4, 0.5) is 4.39 Å². The van der Waals surface area contributed by atoms with Gasteiger partial charge < -0.3 is 23.9 Å². The molecule has 0 amide bonds. The first-order valence-electron chi connectivity index (χ1n) is 14.1.